The third-order valence-corrected chi connectivity index (χ3v) is 3.30. The number of carbonyl (C=O) groups is 1. The first-order valence-electron chi connectivity index (χ1n) is 5.44. The minimum absolute atomic E-state index is 0.0864. The summed E-state index contributed by atoms with van der Waals surface area (Å²) in [5.41, 5.74) is 1.03. The average molecular weight is 275 g/mol. The van der Waals surface area contributed by atoms with Gasteiger partial charge in [0.05, 0.1) is 13.2 Å². The smallest absolute Gasteiger partial charge is 0.255 e. The number of amides is 1. The summed E-state index contributed by atoms with van der Waals surface area (Å²) in [7, 11) is 0. The summed E-state index contributed by atoms with van der Waals surface area (Å²) in [6, 6.07) is 1.92. The van der Waals surface area contributed by atoms with Gasteiger partial charge >= 0.3 is 0 Å². The molecule has 6 heteroatoms. The van der Waals surface area contributed by atoms with Gasteiger partial charge in [0.2, 0.25) is 5.91 Å². The van der Waals surface area contributed by atoms with E-state index in [9.17, 15) is 13.6 Å². The Hall–Kier alpha value is -1.27. The summed E-state index contributed by atoms with van der Waals surface area (Å²) in [5.74, 6) is -0.517. The second-order valence-corrected chi connectivity index (χ2v) is 4.65. The van der Waals surface area contributed by atoms with Crippen molar-refractivity contribution >= 4 is 23.3 Å². The summed E-state index contributed by atoms with van der Waals surface area (Å²) in [6.45, 7) is 0.833. The minimum Gasteiger partial charge on any atom is -0.395 e. The number of rotatable bonds is 6. The monoisotopic (exact) mass is 275 g/mol. The SMILES string of the molecule is Cc1ccsc1/C=C/C(=O)N(CCO)CC(F)F. The van der Waals surface area contributed by atoms with Crippen LogP contribution in [0.1, 0.15) is 10.4 Å². The normalized spacial score (nSPS) is 11.4. The number of nitrogens with zero attached hydrogens (tertiary/aromatic N) is 1. The lowest BCUT2D eigenvalue weighted by Crippen LogP contribution is -2.36. The Kier molecular flexibility index (Phi) is 5.94. The first kappa shape index (κ1) is 14.8. The van der Waals surface area contributed by atoms with Crippen LogP contribution in [0.5, 0.6) is 0 Å². The zero-order valence-electron chi connectivity index (χ0n) is 9.97. The van der Waals surface area contributed by atoms with Crippen LogP contribution in [0.15, 0.2) is 17.5 Å². The molecule has 1 aromatic rings. The highest BCUT2D eigenvalue weighted by Gasteiger charge is 2.15. The zero-order chi connectivity index (χ0) is 13.5. The Morgan fingerprint density at radius 3 is 2.83 bits per heavy atom. The number of carbonyl (C=O) groups excluding carboxylic acids is 1. The highest BCUT2D eigenvalue weighted by atomic mass is 32.1. The fraction of sp³-hybridized carbons (Fsp3) is 0.417. The van der Waals surface area contributed by atoms with Crippen molar-refractivity contribution in [3.8, 4) is 0 Å². The van der Waals surface area contributed by atoms with E-state index < -0.39 is 18.9 Å². The van der Waals surface area contributed by atoms with Crippen molar-refractivity contribution in [1.29, 1.82) is 0 Å². The number of halogens is 2. The quantitative estimate of drug-likeness (QED) is 0.808. The molecule has 0 unspecified atom stereocenters. The van der Waals surface area contributed by atoms with Crippen LogP contribution in [-0.2, 0) is 4.79 Å². The number of aryl methyl sites for hydroxylation is 1. The Bertz CT molecular complexity index is 418. The van der Waals surface area contributed by atoms with Crippen molar-refractivity contribution in [2.75, 3.05) is 19.7 Å². The largest absolute Gasteiger partial charge is 0.395 e. The molecule has 1 amide bonds. The highest BCUT2D eigenvalue weighted by Crippen LogP contribution is 2.17. The van der Waals surface area contributed by atoms with Crippen LogP contribution >= 0.6 is 11.3 Å². The molecule has 0 bridgehead atoms. The van der Waals surface area contributed by atoms with Crippen LogP contribution in [0.2, 0.25) is 0 Å². The molecule has 1 aromatic heterocycles. The Labute approximate surface area is 108 Å². The predicted octanol–water partition coefficient (Wildman–Crippen LogP) is 2.16. The molecule has 3 nitrogen and oxygen atoms in total. The molecule has 0 saturated heterocycles. The number of aliphatic hydroxyl groups excluding tert-OH is 1. The van der Waals surface area contributed by atoms with E-state index in [1.54, 1.807) is 6.08 Å². The molecule has 100 valence electrons. The minimum atomic E-state index is -2.60. The second-order valence-electron chi connectivity index (χ2n) is 3.70. The van der Waals surface area contributed by atoms with E-state index in [0.717, 1.165) is 15.3 Å². The summed E-state index contributed by atoms with van der Waals surface area (Å²) >= 11 is 1.48. The molecule has 1 rings (SSSR count). The molecule has 0 aliphatic rings. The van der Waals surface area contributed by atoms with Crippen molar-refractivity contribution in [3.63, 3.8) is 0 Å². The van der Waals surface area contributed by atoms with Gasteiger partial charge in [-0.25, -0.2) is 8.78 Å². The van der Waals surface area contributed by atoms with E-state index in [1.165, 1.54) is 17.4 Å². The van der Waals surface area contributed by atoms with Crippen LogP contribution in [0.4, 0.5) is 8.78 Å². The molecule has 0 aliphatic carbocycles. The molecule has 1 heterocycles. The van der Waals surface area contributed by atoms with Crippen molar-refractivity contribution < 1.29 is 18.7 Å². The van der Waals surface area contributed by atoms with E-state index in [-0.39, 0.29) is 13.2 Å². The molecule has 0 radical (unpaired) electrons. The van der Waals surface area contributed by atoms with Gasteiger partial charge in [-0.15, -0.1) is 11.3 Å². The molecular formula is C12H15F2NO2S. The van der Waals surface area contributed by atoms with Crippen molar-refractivity contribution in [1.82, 2.24) is 4.90 Å². The van der Waals surface area contributed by atoms with Crippen molar-refractivity contribution in [2.24, 2.45) is 0 Å². The Balaban J connectivity index is 2.66. The maximum atomic E-state index is 12.2. The average Bonchev–Trinajstić information content (AvgIpc) is 2.70. The number of aliphatic hydroxyl groups is 1. The molecule has 0 atom stereocenters. The number of hydrogen-bond donors (Lipinski definition) is 1. The summed E-state index contributed by atoms with van der Waals surface area (Å²) in [6.07, 6.45) is 0.270. The number of hydrogen-bond acceptors (Lipinski definition) is 3. The van der Waals surface area contributed by atoms with Gasteiger partial charge in [0.25, 0.3) is 6.43 Å². The van der Waals surface area contributed by atoms with Crippen LogP contribution in [0.25, 0.3) is 6.08 Å². The Morgan fingerprint density at radius 2 is 2.33 bits per heavy atom. The maximum Gasteiger partial charge on any atom is 0.255 e. The number of thiophene rings is 1. The predicted molar refractivity (Wildman–Crippen MR) is 67.8 cm³/mol. The molecule has 0 aliphatic heterocycles. The summed E-state index contributed by atoms with van der Waals surface area (Å²) < 4.78 is 24.5. The fourth-order valence-corrected chi connectivity index (χ4v) is 2.21. The van der Waals surface area contributed by atoms with Gasteiger partial charge in [-0.2, -0.15) is 0 Å². The highest BCUT2D eigenvalue weighted by molar-refractivity contribution is 7.11. The van der Waals surface area contributed by atoms with Crippen LogP contribution in [0, 0.1) is 6.92 Å². The summed E-state index contributed by atoms with van der Waals surface area (Å²) in [5, 5.41) is 10.6. The lowest BCUT2D eigenvalue weighted by Gasteiger charge is -2.19. The molecule has 1 N–H and O–H groups in total. The van der Waals surface area contributed by atoms with Crippen LogP contribution in [0.3, 0.4) is 0 Å². The van der Waals surface area contributed by atoms with E-state index in [1.807, 2.05) is 18.4 Å². The molecule has 18 heavy (non-hydrogen) atoms. The second kappa shape index (κ2) is 7.23. The lowest BCUT2D eigenvalue weighted by atomic mass is 10.2. The maximum absolute atomic E-state index is 12.2. The van der Waals surface area contributed by atoms with Gasteiger partial charge in [-0.3, -0.25) is 4.79 Å². The van der Waals surface area contributed by atoms with Gasteiger partial charge < -0.3 is 10.0 Å². The van der Waals surface area contributed by atoms with E-state index in [4.69, 9.17) is 5.11 Å². The lowest BCUT2D eigenvalue weighted by molar-refractivity contribution is -0.128. The van der Waals surface area contributed by atoms with Gasteiger partial charge in [0.1, 0.15) is 0 Å². The standard InChI is InChI=1S/C12H15F2NO2S/c1-9-4-7-18-10(9)2-3-12(17)15(5-6-16)8-11(13)14/h2-4,7,11,16H,5-6,8H2,1H3/b3-2+. The third-order valence-electron chi connectivity index (χ3n) is 2.32. The molecule has 0 fully saturated rings. The first-order chi connectivity index (χ1) is 8.54. The van der Waals surface area contributed by atoms with Gasteiger partial charge in [0, 0.05) is 17.5 Å². The van der Waals surface area contributed by atoms with Crippen molar-refractivity contribution in [2.45, 2.75) is 13.3 Å². The van der Waals surface area contributed by atoms with Crippen LogP contribution < -0.4 is 0 Å². The topological polar surface area (TPSA) is 40.5 Å². The molecule has 0 aromatic carbocycles. The summed E-state index contributed by atoms with van der Waals surface area (Å²) in [4.78, 5) is 13.5. The Morgan fingerprint density at radius 1 is 1.61 bits per heavy atom. The fourth-order valence-electron chi connectivity index (χ4n) is 1.39. The molecule has 0 saturated carbocycles. The molecular weight excluding hydrogens is 260 g/mol. The van der Waals surface area contributed by atoms with E-state index in [0.29, 0.717) is 0 Å². The van der Waals surface area contributed by atoms with Crippen LogP contribution in [-0.4, -0.2) is 42.0 Å². The van der Waals surface area contributed by atoms with Gasteiger partial charge in [0.15, 0.2) is 0 Å². The third kappa shape index (κ3) is 4.54. The zero-order valence-corrected chi connectivity index (χ0v) is 10.8. The first-order valence-corrected chi connectivity index (χ1v) is 6.32. The van der Waals surface area contributed by atoms with E-state index >= 15 is 0 Å². The number of alkyl halides is 2. The van der Waals surface area contributed by atoms with Crippen molar-refractivity contribution in [3.05, 3.63) is 28.0 Å². The molecule has 0 spiro atoms. The van der Waals surface area contributed by atoms with Gasteiger partial charge in [-0.1, -0.05) is 0 Å². The van der Waals surface area contributed by atoms with Gasteiger partial charge in [-0.05, 0) is 30.0 Å². The van der Waals surface area contributed by atoms with E-state index in [2.05, 4.69) is 0 Å².